The Kier molecular flexibility index (Phi) is 3.25. The lowest BCUT2D eigenvalue weighted by atomic mass is 9.92. The number of aromatic nitrogens is 4. The molecule has 0 bridgehead atoms. The Morgan fingerprint density at radius 2 is 2.00 bits per heavy atom. The molecule has 4 rings (SSSR count). The van der Waals surface area contributed by atoms with Crippen molar-refractivity contribution in [2.45, 2.75) is 38.6 Å². The molecule has 112 valence electrons. The zero-order valence-corrected chi connectivity index (χ0v) is 12.6. The van der Waals surface area contributed by atoms with E-state index in [2.05, 4.69) is 50.1 Å². The topological polar surface area (TPSA) is 56.7 Å². The van der Waals surface area contributed by atoms with Crippen molar-refractivity contribution in [1.29, 1.82) is 0 Å². The van der Waals surface area contributed by atoms with Gasteiger partial charge in [-0.15, -0.1) is 10.2 Å². The minimum Gasteiger partial charge on any atom is -0.449 e. The van der Waals surface area contributed by atoms with Gasteiger partial charge in [0.25, 0.3) is 0 Å². The van der Waals surface area contributed by atoms with Gasteiger partial charge >= 0.3 is 0 Å². The van der Waals surface area contributed by atoms with E-state index in [-0.39, 0.29) is 0 Å². The van der Waals surface area contributed by atoms with Crippen molar-refractivity contribution in [3.05, 3.63) is 53.9 Å². The van der Waals surface area contributed by atoms with Gasteiger partial charge in [-0.25, -0.2) is 4.98 Å². The molecule has 3 aromatic rings. The first-order valence-corrected chi connectivity index (χ1v) is 7.71. The second-order valence-electron chi connectivity index (χ2n) is 5.78. The molecule has 1 unspecified atom stereocenters. The van der Waals surface area contributed by atoms with Crippen molar-refractivity contribution in [3.63, 3.8) is 0 Å². The highest BCUT2D eigenvalue weighted by Crippen LogP contribution is 2.30. The van der Waals surface area contributed by atoms with E-state index in [1.165, 1.54) is 5.56 Å². The normalized spacial score (nSPS) is 18.0. The van der Waals surface area contributed by atoms with Crippen LogP contribution in [0.2, 0.25) is 0 Å². The molecule has 1 aliphatic heterocycles. The second-order valence-corrected chi connectivity index (χ2v) is 5.78. The lowest BCUT2D eigenvalue weighted by molar-refractivity contribution is 0.521. The molecule has 0 radical (unpaired) electrons. The van der Waals surface area contributed by atoms with Gasteiger partial charge in [-0.3, -0.25) is 0 Å². The number of fused-ring (bicyclic) bond motifs is 1. The Hall–Kier alpha value is -2.43. The van der Waals surface area contributed by atoms with Crippen LogP contribution in [0, 0.1) is 6.92 Å². The van der Waals surface area contributed by atoms with Crippen molar-refractivity contribution >= 4 is 0 Å². The van der Waals surface area contributed by atoms with Crippen molar-refractivity contribution in [3.8, 4) is 11.5 Å². The smallest absolute Gasteiger partial charge is 0.191 e. The maximum atomic E-state index is 5.31. The molecule has 2 aromatic heterocycles. The maximum absolute atomic E-state index is 5.31. The molecule has 0 fully saturated rings. The Bertz CT molecular complexity index is 775. The third-order valence-corrected chi connectivity index (χ3v) is 4.36. The first kappa shape index (κ1) is 13.2. The van der Waals surface area contributed by atoms with Gasteiger partial charge in [0.2, 0.25) is 0 Å². The predicted molar refractivity (Wildman–Crippen MR) is 82.4 cm³/mol. The molecule has 5 heteroatoms. The molecule has 1 aromatic carbocycles. The quantitative estimate of drug-likeness (QED) is 0.727. The van der Waals surface area contributed by atoms with Crippen LogP contribution in [-0.4, -0.2) is 19.7 Å². The van der Waals surface area contributed by atoms with Crippen LogP contribution in [0.4, 0.5) is 0 Å². The fourth-order valence-corrected chi connectivity index (χ4v) is 3.20. The highest BCUT2D eigenvalue weighted by atomic mass is 16.3. The highest BCUT2D eigenvalue weighted by molar-refractivity contribution is 5.47. The largest absolute Gasteiger partial charge is 0.449 e. The van der Waals surface area contributed by atoms with E-state index in [9.17, 15) is 0 Å². The molecule has 22 heavy (non-hydrogen) atoms. The zero-order valence-electron chi connectivity index (χ0n) is 12.6. The average Bonchev–Trinajstić information content (AvgIpc) is 3.09. The molecule has 1 atom stereocenters. The number of hydrogen-bond donors (Lipinski definition) is 0. The summed E-state index contributed by atoms with van der Waals surface area (Å²) in [5.41, 5.74) is 2.19. The van der Waals surface area contributed by atoms with Gasteiger partial charge in [-0.1, -0.05) is 30.3 Å². The second kappa shape index (κ2) is 5.40. The Morgan fingerprint density at radius 1 is 1.14 bits per heavy atom. The molecule has 0 saturated heterocycles. The van der Waals surface area contributed by atoms with Crippen LogP contribution in [-0.2, 0) is 13.0 Å². The van der Waals surface area contributed by atoms with E-state index >= 15 is 0 Å². The number of rotatable bonds is 2. The minimum atomic E-state index is 0.579. The fraction of sp³-hybridized carbons (Fsp3) is 0.353. The van der Waals surface area contributed by atoms with Crippen LogP contribution in [0.5, 0.6) is 0 Å². The third-order valence-electron chi connectivity index (χ3n) is 4.36. The summed E-state index contributed by atoms with van der Waals surface area (Å²) in [5.74, 6) is 3.10. The fourth-order valence-electron chi connectivity index (χ4n) is 3.20. The van der Waals surface area contributed by atoms with E-state index in [0.29, 0.717) is 11.8 Å². The summed E-state index contributed by atoms with van der Waals surface area (Å²) >= 11 is 0. The van der Waals surface area contributed by atoms with E-state index in [1.807, 2.05) is 6.92 Å². The monoisotopic (exact) mass is 294 g/mol. The Morgan fingerprint density at radius 3 is 2.77 bits per heavy atom. The lowest BCUT2D eigenvalue weighted by Gasteiger charge is -2.14. The Balaban J connectivity index is 1.62. The van der Waals surface area contributed by atoms with Crippen molar-refractivity contribution < 1.29 is 4.42 Å². The van der Waals surface area contributed by atoms with Gasteiger partial charge in [0.15, 0.2) is 11.7 Å². The van der Waals surface area contributed by atoms with Crippen molar-refractivity contribution in [1.82, 2.24) is 19.7 Å². The van der Waals surface area contributed by atoms with Crippen LogP contribution < -0.4 is 0 Å². The zero-order chi connectivity index (χ0) is 14.9. The van der Waals surface area contributed by atoms with E-state index < -0.39 is 0 Å². The van der Waals surface area contributed by atoms with Gasteiger partial charge in [0, 0.05) is 19.9 Å². The van der Waals surface area contributed by atoms with Gasteiger partial charge in [-0.2, -0.15) is 0 Å². The van der Waals surface area contributed by atoms with E-state index in [0.717, 1.165) is 43.1 Å². The summed E-state index contributed by atoms with van der Waals surface area (Å²) in [4.78, 5) is 4.38. The molecular weight excluding hydrogens is 276 g/mol. The van der Waals surface area contributed by atoms with E-state index in [1.54, 1.807) is 6.26 Å². The number of hydrogen-bond acceptors (Lipinski definition) is 4. The molecule has 1 aliphatic rings. The minimum absolute atomic E-state index is 0.579. The van der Waals surface area contributed by atoms with Crippen molar-refractivity contribution in [2.24, 2.45) is 0 Å². The number of oxazole rings is 1. The molecule has 0 spiro atoms. The van der Waals surface area contributed by atoms with Gasteiger partial charge in [0.1, 0.15) is 17.8 Å². The summed E-state index contributed by atoms with van der Waals surface area (Å²) in [6.45, 7) is 2.76. The summed E-state index contributed by atoms with van der Waals surface area (Å²) in [6.07, 6.45) is 4.81. The lowest BCUT2D eigenvalue weighted by Crippen LogP contribution is -2.04. The number of benzene rings is 1. The van der Waals surface area contributed by atoms with Crippen LogP contribution in [0.15, 0.2) is 41.0 Å². The van der Waals surface area contributed by atoms with Gasteiger partial charge < -0.3 is 8.98 Å². The standard InChI is InChI=1S/C17H18N4O/c1-12-18-15(11-22-12)17-20-19-16-8-7-14(9-10-21(16)17)13-5-3-2-4-6-13/h2-6,11,14H,7-10H2,1H3. The average molecular weight is 294 g/mol. The molecule has 3 heterocycles. The molecule has 5 nitrogen and oxygen atoms in total. The summed E-state index contributed by atoms with van der Waals surface area (Å²) in [6, 6.07) is 10.7. The molecule has 0 amide bonds. The van der Waals surface area contributed by atoms with Crippen LogP contribution >= 0.6 is 0 Å². The maximum Gasteiger partial charge on any atom is 0.191 e. The Labute approximate surface area is 129 Å². The predicted octanol–water partition coefficient (Wildman–Crippen LogP) is 3.36. The molecular formula is C17H18N4O. The summed E-state index contributed by atoms with van der Waals surface area (Å²) in [7, 11) is 0. The van der Waals surface area contributed by atoms with Gasteiger partial charge in [-0.05, 0) is 24.3 Å². The first-order valence-electron chi connectivity index (χ1n) is 7.71. The number of aryl methyl sites for hydroxylation is 2. The molecule has 0 saturated carbocycles. The van der Waals surface area contributed by atoms with Gasteiger partial charge in [0.05, 0.1) is 0 Å². The third kappa shape index (κ3) is 2.32. The SMILES string of the molecule is Cc1nc(-c2nnc3n2CCC(c2ccccc2)CC3)co1. The summed E-state index contributed by atoms with van der Waals surface area (Å²) < 4.78 is 7.50. The molecule has 0 aliphatic carbocycles. The molecule has 0 N–H and O–H groups in total. The van der Waals surface area contributed by atoms with Crippen LogP contribution in [0.25, 0.3) is 11.5 Å². The van der Waals surface area contributed by atoms with Crippen LogP contribution in [0.3, 0.4) is 0 Å². The summed E-state index contributed by atoms with van der Waals surface area (Å²) in [5, 5.41) is 8.67. The number of nitrogens with zero attached hydrogens (tertiary/aromatic N) is 4. The first-order chi connectivity index (χ1) is 10.8. The highest BCUT2D eigenvalue weighted by Gasteiger charge is 2.23. The van der Waals surface area contributed by atoms with Crippen molar-refractivity contribution in [2.75, 3.05) is 0 Å². The van der Waals surface area contributed by atoms with E-state index in [4.69, 9.17) is 4.42 Å². The van der Waals surface area contributed by atoms with Crippen LogP contribution in [0.1, 0.15) is 36.0 Å².